The minimum absolute atomic E-state index is 0.266. The molecule has 0 aliphatic heterocycles. The maximum absolute atomic E-state index is 13.5. The van der Waals surface area contributed by atoms with E-state index in [1.54, 1.807) is 0 Å². The van der Waals surface area contributed by atoms with Crippen LogP contribution in [-0.4, -0.2) is 18.5 Å². The molecular weight excluding hydrogens is 304 g/mol. The maximum Gasteiger partial charge on any atom is 0.338 e. The monoisotopic (exact) mass is 319 g/mol. The first kappa shape index (κ1) is 16.6. The number of anilines is 1. The van der Waals surface area contributed by atoms with Crippen LogP contribution in [0.4, 0.5) is 14.5 Å². The molecule has 0 aromatic heterocycles. The summed E-state index contributed by atoms with van der Waals surface area (Å²) in [5, 5.41) is 2.47. The number of carbonyl (C=O) groups excluding carboxylic acids is 2. The number of benzene rings is 2. The molecule has 0 unspecified atom stereocenters. The summed E-state index contributed by atoms with van der Waals surface area (Å²) >= 11 is 0. The smallest absolute Gasteiger partial charge is 0.338 e. The van der Waals surface area contributed by atoms with Gasteiger partial charge in [0.15, 0.2) is 0 Å². The highest BCUT2D eigenvalue weighted by molar-refractivity contribution is 6.04. The molecule has 1 amide bonds. The predicted octanol–water partition coefficient (Wildman–Crippen LogP) is 3.78. The molecule has 0 fully saturated rings. The van der Waals surface area contributed by atoms with Crippen molar-refractivity contribution >= 4 is 17.6 Å². The minimum Gasteiger partial charge on any atom is -0.462 e. The number of nitrogens with one attached hydrogen (secondary N) is 1. The van der Waals surface area contributed by atoms with Crippen molar-refractivity contribution in [2.45, 2.75) is 13.3 Å². The van der Waals surface area contributed by atoms with Gasteiger partial charge in [-0.1, -0.05) is 6.92 Å². The second kappa shape index (κ2) is 7.49. The lowest BCUT2D eigenvalue weighted by molar-refractivity contribution is 0.0505. The normalized spacial score (nSPS) is 10.2. The molecule has 0 radical (unpaired) electrons. The Morgan fingerprint density at radius 2 is 1.78 bits per heavy atom. The number of hydrogen-bond donors (Lipinski definition) is 1. The van der Waals surface area contributed by atoms with Gasteiger partial charge in [0, 0.05) is 11.8 Å². The minimum atomic E-state index is -0.942. The molecule has 2 rings (SSSR count). The van der Waals surface area contributed by atoms with E-state index in [0.29, 0.717) is 23.9 Å². The molecule has 6 heteroatoms. The number of rotatable bonds is 5. The van der Waals surface area contributed by atoms with E-state index in [4.69, 9.17) is 4.74 Å². The SMILES string of the molecule is CCCOC(=O)c1ccc(NC(=O)c2ccc(F)cc2F)cc1. The molecule has 0 bridgehead atoms. The van der Waals surface area contributed by atoms with Gasteiger partial charge in [-0.2, -0.15) is 0 Å². The third-order valence-electron chi connectivity index (χ3n) is 2.99. The highest BCUT2D eigenvalue weighted by Gasteiger charge is 2.13. The van der Waals surface area contributed by atoms with Gasteiger partial charge in [-0.05, 0) is 42.8 Å². The molecule has 2 aromatic carbocycles. The highest BCUT2D eigenvalue weighted by Crippen LogP contribution is 2.15. The van der Waals surface area contributed by atoms with E-state index in [1.807, 2.05) is 6.92 Å². The van der Waals surface area contributed by atoms with Gasteiger partial charge in [0.25, 0.3) is 5.91 Å². The number of ether oxygens (including phenoxy) is 1. The Kier molecular flexibility index (Phi) is 5.41. The van der Waals surface area contributed by atoms with E-state index in [0.717, 1.165) is 18.6 Å². The lowest BCUT2D eigenvalue weighted by Gasteiger charge is -2.07. The molecule has 0 atom stereocenters. The van der Waals surface area contributed by atoms with Crippen LogP contribution in [0.25, 0.3) is 0 Å². The number of esters is 1. The van der Waals surface area contributed by atoms with Gasteiger partial charge in [-0.15, -0.1) is 0 Å². The fraction of sp³-hybridized carbons (Fsp3) is 0.176. The van der Waals surface area contributed by atoms with Crippen molar-refractivity contribution in [2.75, 3.05) is 11.9 Å². The summed E-state index contributed by atoms with van der Waals surface area (Å²) in [5.41, 5.74) is 0.466. The van der Waals surface area contributed by atoms with E-state index < -0.39 is 23.5 Å². The summed E-state index contributed by atoms with van der Waals surface area (Å²) in [6.07, 6.45) is 0.725. The Labute approximate surface area is 132 Å². The first-order valence-electron chi connectivity index (χ1n) is 7.05. The summed E-state index contributed by atoms with van der Waals surface area (Å²) < 4.78 is 31.3. The van der Waals surface area contributed by atoms with Crippen LogP contribution in [-0.2, 0) is 4.74 Å². The number of carbonyl (C=O) groups is 2. The lowest BCUT2D eigenvalue weighted by Crippen LogP contribution is -2.14. The first-order chi connectivity index (χ1) is 11.0. The van der Waals surface area contributed by atoms with Gasteiger partial charge >= 0.3 is 5.97 Å². The molecule has 0 saturated heterocycles. The molecule has 1 N–H and O–H groups in total. The zero-order valence-corrected chi connectivity index (χ0v) is 12.4. The summed E-state index contributed by atoms with van der Waals surface area (Å²) in [6, 6.07) is 8.70. The Bertz CT molecular complexity index is 714. The standard InChI is InChI=1S/C17H15F2NO3/c1-2-9-23-17(22)11-3-6-13(7-4-11)20-16(21)14-8-5-12(18)10-15(14)19/h3-8,10H,2,9H2,1H3,(H,20,21). The first-order valence-corrected chi connectivity index (χ1v) is 7.05. The van der Waals surface area contributed by atoms with E-state index >= 15 is 0 Å². The largest absolute Gasteiger partial charge is 0.462 e. The molecule has 0 aliphatic carbocycles. The maximum atomic E-state index is 13.5. The van der Waals surface area contributed by atoms with E-state index in [1.165, 1.54) is 24.3 Å². The van der Waals surface area contributed by atoms with Gasteiger partial charge in [-0.25, -0.2) is 13.6 Å². The fourth-order valence-corrected chi connectivity index (χ4v) is 1.84. The molecule has 0 heterocycles. The van der Waals surface area contributed by atoms with Crippen molar-refractivity contribution in [1.82, 2.24) is 0 Å². The quantitative estimate of drug-likeness (QED) is 0.853. The van der Waals surface area contributed by atoms with Gasteiger partial charge < -0.3 is 10.1 Å². The third kappa shape index (κ3) is 4.35. The van der Waals surface area contributed by atoms with Gasteiger partial charge in [0.1, 0.15) is 11.6 Å². The average Bonchev–Trinajstić information content (AvgIpc) is 2.53. The summed E-state index contributed by atoms with van der Waals surface area (Å²) in [5.74, 6) is -2.85. The Hall–Kier alpha value is -2.76. The van der Waals surface area contributed by atoms with Gasteiger partial charge in [-0.3, -0.25) is 4.79 Å². The molecule has 0 aliphatic rings. The van der Waals surface area contributed by atoms with Crippen LogP contribution in [0.2, 0.25) is 0 Å². The molecule has 120 valence electrons. The molecule has 2 aromatic rings. The molecular formula is C17H15F2NO3. The van der Waals surface area contributed by atoms with Crippen LogP contribution in [0, 0.1) is 11.6 Å². The molecule has 0 saturated carbocycles. The third-order valence-corrected chi connectivity index (χ3v) is 2.99. The Morgan fingerprint density at radius 3 is 2.39 bits per heavy atom. The zero-order chi connectivity index (χ0) is 16.8. The molecule has 4 nitrogen and oxygen atoms in total. The van der Waals surface area contributed by atoms with Crippen molar-refractivity contribution in [3.05, 3.63) is 65.2 Å². The van der Waals surface area contributed by atoms with Crippen molar-refractivity contribution in [3.8, 4) is 0 Å². The Morgan fingerprint density at radius 1 is 1.09 bits per heavy atom. The van der Waals surface area contributed by atoms with Crippen molar-refractivity contribution in [3.63, 3.8) is 0 Å². The number of halogens is 2. The number of hydrogen-bond acceptors (Lipinski definition) is 3. The van der Waals surface area contributed by atoms with Crippen LogP contribution < -0.4 is 5.32 Å². The van der Waals surface area contributed by atoms with Crippen LogP contribution in [0.15, 0.2) is 42.5 Å². The van der Waals surface area contributed by atoms with E-state index in [9.17, 15) is 18.4 Å². The zero-order valence-electron chi connectivity index (χ0n) is 12.4. The highest BCUT2D eigenvalue weighted by atomic mass is 19.1. The van der Waals surface area contributed by atoms with Gasteiger partial charge in [0.2, 0.25) is 0 Å². The average molecular weight is 319 g/mol. The number of amides is 1. The van der Waals surface area contributed by atoms with Crippen LogP contribution >= 0.6 is 0 Å². The molecule has 23 heavy (non-hydrogen) atoms. The second-order valence-electron chi connectivity index (χ2n) is 4.79. The Balaban J connectivity index is 2.05. The van der Waals surface area contributed by atoms with Crippen LogP contribution in [0.3, 0.4) is 0 Å². The van der Waals surface area contributed by atoms with Crippen molar-refractivity contribution in [2.24, 2.45) is 0 Å². The van der Waals surface area contributed by atoms with Crippen LogP contribution in [0.1, 0.15) is 34.1 Å². The van der Waals surface area contributed by atoms with Crippen LogP contribution in [0.5, 0.6) is 0 Å². The molecule has 0 spiro atoms. The summed E-state index contributed by atoms with van der Waals surface area (Å²) in [6.45, 7) is 2.22. The lowest BCUT2D eigenvalue weighted by atomic mass is 10.1. The topological polar surface area (TPSA) is 55.4 Å². The van der Waals surface area contributed by atoms with Gasteiger partial charge in [0.05, 0.1) is 17.7 Å². The van der Waals surface area contributed by atoms with E-state index in [-0.39, 0.29) is 5.56 Å². The second-order valence-corrected chi connectivity index (χ2v) is 4.79. The van der Waals surface area contributed by atoms with E-state index in [2.05, 4.69) is 5.32 Å². The van der Waals surface area contributed by atoms with Crippen molar-refractivity contribution in [1.29, 1.82) is 0 Å². The van der Waals surface area contributed by atoms with Crippen molar-refractivity contribution < 1.29 is 23.1 Å². The fourth-order valence-electron chi connectivity index (χ4n) is 1.84. The predicted molar refractivity (Wildman–Crippen MR) is 81.3 cm³/mol. The summed E-state index contributed by atoms with van der Waals surface area (Å²) in [7, 11) is 0. The summed E-state index contributed by atoms with van der Waals surface area (Å²) in [4.78, 5) is 23.6.